The average Bonchev–Trinajstić information content (AvgIpc) is 2.76. The number of likely N-dealkylation sites (tertiary alicyclic amines) is 1. The van der Waals surface area contributed by atoms with Crippen LogP contribution in [-0.2, 0) is 6.42 Å². The smallest absolute Gasteiger partial charge is 0.293 e. The highest BCUT2D eigenvalue weighted by atomic mass is 79.9. The van der Waals surface area contributed by atoms with Gasteiger partial charge in [-0.15, -0.1) is 0 Å². The Labute approximate surface area is 91.8 Å². The predicted octanol–water partition coefficient (Wildman–Crippen LogP) is 1.86. The molecule has 1 fully saturated rings. The summed E-state index contributed by atoms with van der Waals surface area (Å²) >= 11 is 3.16. The molecule has 0 aromatic carbocycles. The van der Waals surface area contributed by atoms with Gasteiger partial charge in [-0.25, -0.2) is 0 Å². The van der Waals surface area contributed by atoms with Gasteiger partial charge in [0, 0.05) is 28.4 Å². The third kappa shape index (κ3) is 2.15. The van der Waals surface area contributed by atoms with Crippen molar-refractivity contribution in [3.8, 4) is 0 Å². The van der Waals surface area contributed by atoms with Crippen molar-refractivity contribution in [3.63, 3.8) is 0 Å². The summed E-state index contributed by atoms with van der Waals surface area (Å²) < 4.78 is 4.88. The first-order valence-electron chi connectivity index (χ1n) is 5.01. The molecule has 0 bridgehead atoms. The van der Waals surface area contributed by atoms with Crippen molar-refractivity contribution in [3.05, 3.63) is 10.6 Å². The van der Waals surface area contributed by atoms with Crippen LogP contribution in [0.4, 0.5) is 0 Å². The molecule has 14 heavy (non-hydrogen) atoms. The lowest BCUT2D eigenvalue weighted by Gasteiger charge is -2.20. The van der Waals surface area contributed by atoms with Gasteiger partial charge < -0.3 is 9.42 Å². The molecule has 1 aromatic rings. The van der Waals surface area contributed by atoms with Gasteiger partial charge in [-0.3, -0.25) is 0 Å². The van der Waals surface area contributed by atoms with E-state index in [1.54, 1.807) is 0 Å². The molecule has 0 amide bonds. The van der Waals surface area contributed by atoms with Crippen LogP contribution in [0, 0.1) is 0 Å². The summed E-state index contributed by atoms with van der Waals surface area (Å²) in [7, 11) is 0. The predicted molar refractivity (Wildman–Crippen MR) is 56.0 cm³/mol. The zero-order chi connectivity index (χ0) is 9.97. The molecule has 1 unspecified atom stereocenters. The Morgan fingerprint density at radius 1 is 1.64 bits per heavy atom. The summed E-state index contributed by atoms with van der Waals surface area (Å²) in [5.41, 5.74) is 0. The monoisotopic (exact) mass is 259 g/mol. The highest BCUT2D eigenvalue weighted by molar-refractivity contribution is 9.10. The molecular formula is C9H14BrN3O. The van der Waals surface area contributed by atoms with Gasteiger partial charge >= 0.3 is 0 Å². The number of nitrogens with zero attached hydrogens (tertiary/aromatic N) is 3. The maximum Gasteiger partial charge on any atom is 0.293 e. The minimum Gasteiger partial charge on any atom is -0.327 e. The van der Waals surface area contributed by atoms with Gasteiger partial charge in [-0.2, -0.15) is 4.98 Å². The van der Waals surface area contributed by atoms with Gasteiger partial charge in [-0.05, 0) is 25.9 Å². The van der Waals surface area contributed by atoms with E-state index in [0.29, 0.717) is 10.8 Å². The second-order valence-electron chi connectivity index (χ2n) is 3.59. The van der Waals surface area contributed by atoms with Gasteiger partial charge in [0.2, 0.25) is 0 Å². The Kier molecular flexibility index (Phi) is 3.18. The van der Waals surface area contributed by atoms with Crippen molar-refractivity contribution in [1.82, 2.24) is 15.0 Å². The van der Waals surface area contributed by atoms with Crippen molar-refractivity contribution >= 4 is 15.9 Å². The molecule has 1 aliphatic heterocycles. The van der Waals surface area contributed by atoms with Gasteiger partial charge in [-0.1, -0.05) is 12.1 Å². The normalized spacial score (nSPS) is 23.1. The van der Waals surface area contributed by atoms with Gasteiger partial charge in [0.15, 0.2) is 5.82 Å². The van der Waals surface area contributed by atoms with Crippen molar-refractivity contribution in [2.75, 3.05) is 13.1 Å². The van der Waals surface area contributed by atoms with Crippen LogP contribution in [0.5, 0.6) is 0 Å². The summed E-state index contributed by atoms with van der Waals surface area (Å²) in [5.74, 6) is 0.808. The van der Waals surface area contributed by atoms with Gasteiger partial charge in [0.05, 0.1) is 0 Å². The van der Waals surface area contributed by atoms with Crippen LogP contribution in [0.3, 0.4) is 0 Å². The number of halogens is 1. The minimum absolute atomic E-state index is 0.480. The fraction of sp³-hybridized carbons (Fsp3) is 0.778. The molecule has 1 aromatic heterocycles. The Morgan fingerprint density at radius 3 is 3.14 bits per heavy atom. The lowest BCUT2D eigenvalue weighted by molar-refractivity contribution is 0.261. The molecule has 0 saturated carbocycles. The lowest BCUT2D eigenvalue weighted by Crippen LogP contribution is -2.31. The Balaban J connectivity index is 1.96. The van der Waals surface area contributed by atoms with E-state index in [4.69, 9.17) is 4.52 Å². The quantitative estimate of drug-likeness (QED) is 0.831. The Hall–Kier alpha value is -0.420. The van der Waals surface area contributed by atoms with Crippen molar-refractivity contribution < 1.29 is 4.52 Å². The van der Waals surface area contributed by atoms with Crippen LogP contribution >= 0.6 is 15.9 Å². The molecule has 2 rings (SSSR count). The number of likely N-dealkylation sites (N-methyl/N-ethyl adjacent to an activating group) is 1. The fourth-order valence-corrected chi connectivity index (χ4v) is 2.35. The summed E-state index contributed by atoms with van der Waals surface area (Å²) in [4.78, 5) is 7.11. The third-order valence-electron chi connectivity index (χ3n) is 2.77. The molecule has 0 aliphatic carbocycles. The largest absolute Gasteiger partial charge is 0.327 e. The molecule has 1 aliphatic rings. The summed E-state index contributed by atoms with van der Waals surface area (Å²) in [6.45, 7) is 4.52. The Bertz CT molecular complexity index is 302. The number of hydrogen-bond acceptors (Lipinski definition) is 4. The first kappa shape index (κ1) is 10.1. The third-order valence-corrected chi connectivity index (χ3v) is 3.09. The molecule has 4 nitrogen and oxygen atoms in total. The SMILES string of the molecule is CCN1CCCC1Cc1noc(Br)n1. The average molecular weight is 260 g/mol. The molecule has 1 atom stereocenters. The van der Waals surface area contributed by atoms with E-state index in [0.717, 1.165) is 18.8 Å². The zero-order valence-electron chi connectivity index (χ0n) is 8.24. The fourth-order valence-electron chi connectivity index (χ4n) is 2.07. The maximum absolute atomic E-state index is 4.88. The molecule has 1 saturated heterocycles. The first-order chi connectivity index (χ1) is 6.79. The summed E-state index contributed by atoms with van der Waals surface area (Å²) in [6, 6.07) is 0.601. The molecule has 78 valence electrons. The van der Waals surface area contributed by atoms with Crippen LogP contribution < -0.4 is 0 Å². The standard InChI is InChI=1S/C9H14BrN3O/c1-2-13-5-3-4-7(13)6-8-11-9(10)14-12-8/h7H,2-6H2,1H3. The van der Waals surface area contributed by atoms with Gasteiger partial charge in [0.25, 0.3) is 4.80 Å². The van der Waals surface area contributed by atoms with Crippen LogP contribution in [-0.4, -0.2) is 34.2 Å². The van der Waals surface area contributed by atoms with Crippen molar-refractivity contribution in [1.29, 1.82) is 0 Å². The van der Waals surface area contributed by atoms with Crippen LogP contribution in [0.2, 0.25) is 0 Å². The topological polar surface area (TPSA) is 42.2 Å². The van der Waals surface area contributed by atoms with E-state index in [-0.39, 0.29) is 0 Å². The van der Waals surface area contributed by atoms with Crippen LogP contribution in [0.15, 0.2) is 9.32 Å². The second-order valence-corrected chi connectivity index (χ2v) is 4.27. The lowest BCUT2D eigenvalue weighted by atomic mass is 10.1. The number of hydrogen-bond donors (Lipinski definition) is 0. The highest BCUT2D eigenvalue weighted by Crippen LogP contribution is 2.20. The van der Waals surface area contributed by atoms with Crippen molar-refractivity contribution in [2.24, 2.45) is 0 Å². The van der Waals surface area contributed by atoms with Crippen molar-refractivity contribution in [2.45, 2.75) is 32.2 Å². The van der Waals surface area contributed by atoms with E-state index < -0.39 is 0 Å². The first-order valence-corrected chi connectivity index (χ1v) is 5.81. The number of aromatic nitrogens is 2. The Morgan fingerprint density at radius 2 is 2.50 bits per heavy atom. The second kappa shape index (κ2) is 4.40. The minimum atomic E-state index is 0.480. The highest BCUT2D eigenvalue weighted by Gasteiger charge is 2.24. The van der Waals surface area contributed by atoms with E-state index in [2.05, 4.69) is 37.9 Å². The molecular weight excluding hydrogens is 246 g/mol. The molecule has 2 heterocycles. The molecule has 0 N–H and O–H groups in total. The summed E-state index contributed by atoms with van der Waals surface area (Å²) in [6.07, 6.45) is 3.44. The summed E-state index contributed by atoms with van der Waals surface area (Å²) in [5, 5.41) is 3.89. The van der Waals surface area contributed by atoms with Crippen LogP contribution in [0.1, 0.15) is 25.6 Å². The maximum atomic E-state index is 4.88. The number of rotatable bonds is 3. The zero-order valence-corrected chi connectivity index (χ0v) is 9.83. The van der Waals surface area contributed by atoms with Crippen LogP contribution in [0.25, 0.3) is 0 Å². The molecule has 0 spiro atoms. The molecule has 5 heteroatoms. The van der Waals surface area contributed by atoms with E-state index >= 15 is 0 Å². The van der Waals surface area contributed by atoms with E-state index in [9.17, 15) is 0 Å². The van der Waals surface area contributed by atoms with E-state index in [1.807, 2.05) is 0 Å². The van der Waals surface area contributed by atoms with E-state index in [1.165, 1.54) is 19.4 Å². The molecule has 0 radical (unpaired) electrons. The van der Waals surface area contributed by atoms with Gasteiger partial charge in [0.1, 0.15) is 0 Å².